The highest BCUT2D eigenvalue weighted by atomic mass is 32.2. The molecule has 4 nitrogen and oxygen atoms in total. The lowest BCUT2D eigenvalue weighted by molar-refractivity contribution is 0.0697. The van der Waals surface area contributed by atoms with Crippen molar-refractivity contribution in [1.29, 1.82) is 0 Å². The first kappa shape index (κ1) is 16.2. The second-order valence-electron chi connectivity index (χ2n) is 4.16. The van der Waals surface area contributed by atoms with Crippen LogP contribution in [0.4, 0.5) is 24.7 Å². The summed E-state index contributed by atoms with van der Waals surface area (Å²) in [5, 5.41) is 11.6. The lowest BCUT2D eigenvalue weighted by atomic mass is 10.2. The van der Waals surface area contributed by atoms with E-state index in [0.717, 1.165) is 30.0 Å². The van der Waals surface area contributed by atoms with Crippen LogP contribution in [-0.2, 0) is 0 Å². The number of nitrogens with one attached hydrogen (secondary N) is 1. The summed E-state index contributed by atoms with van der Waals surface area (Å²) in [7, 11) is 0. The highest BCUT2D eigenvalue weighted by Crippen LogP contribution is 2.27. The minimum Gasteiger partial charge on any atom is -0.478 e. The van der Waals surface area contributed by atoms with Gasteiger partial charge in [-0.3, -0.25) is 0 Å². The molecule has 22 heavy (non-hydrogen) atoms. The second kappa shape index (κ2) is 6.69. The summed E-state index contributed by atoms with van der Waals surface area (Å²) in [6.45, 7) is 1.78. The Morgan fingerprint density at radius 2 is 2.00 bits per heavy atom. The lowest BCUT2D eigenvalue weighted by Crippen LogP contribution is -2.08. The van der Waals surface area contributed by atoms with E-state index < -0.39 is 29.0 Å². The van der Waals surface area contributed by atoms with Crippen molar-refractivity contribution in [3.05, 3.63) is 47.3 Å². The van der Waals surface area contributed by atoms with Gasteiger partial charge in [-0.1, -0.05) is 6.92 Å². The van der Waals surface area contributed by atoms with E-state index in [-0.39, 0.29) is 16.5 Å². The Hall–Kier alpha value is -2.22. The van der Waals surface area contributed by atoms with E-state index in [1.54, 1.807) is 6.92 Å². The molecule has 0 saturated carbocycles. The zero-order valence-corrected chi connectivity index (χ0v) is 12.2. The molecule has 0 aliphatic carbocycles. The highest BCUT2D eigenvalue weighted by molar-refractivity contribution is 7.99. The van der Waals surface area contributed by atoms with Crippen LogP contribution in [0.25, 0.3) is 0 Å². The third kappa shape index (κ3) is 3.51. The maximum atomic E-state index is 13.8. The van der Waals surface area contributed by atoms with Gasteiger partial charge in [-0.05, 0) is 24.0 Å². The number of pyridine rings is 1. The lowest BCUT2D eigenvalue weighted by Gasteiger charge is -2.11. The summed E-state index contributed by atoms with van der Waals surface area (Å²) >= 11 is 1.08. The number of nitrogens with zero attached hydrogens (tertiary/aromatic N) is 1. The van der Waals surface area contributed by atoms with Crippen LogP contribution in [-0.4, -0.2) is 21.8 Å². The Morgan fingerprint density at radius 1 is 1.27 bits per heavy atom. The fourth-order valence-corrected chi connectivity index (χ4v) is 2.31. The summed E-state index contributed by atoms with van der Waals surface area (Å²) < 4.78 is 40.3. The van der Waals surface area contributed by atoms with Crippen molar-refractivity contribution < 1.29 is 23.1 Å². The molecule has 0 bridgehead atoms. The summed E-state index contributed by atoms with van der Waals surface area (Å²) in [4.78, 5) is 15.0. The summed E-state index contributed by atoms with van der Waals surface area (Å²) in [5.41, 5.74) is -0.600. The van der Waals surface area contributed by atoms with Crippen LogP contribution in [0.3, 0.4) is 0 Å². The summed E-state index contributed by atoms with van der Waals surface area (Å²) in [6.07, 6.45) is 0. The third-order valence-electron chi connectivity index (χ3n) is 2.64. The number of aromatic nitrogens is 1. The molecular formula is C14H11F3N2O2S. The predicted molar refractivity (Wildman–Crippen MR) is 77.2 cm³/mol. The zero-order chi connectivity index (χ0) is 16.3. The molecule has 0 unspecified atom stereocenters. The van der Waals surface area contributed by atoms with Crippen LogP contribution < -0.4 is 5.32 Å². The molecule has 0 radical (unpaired) electrons. The van der Waals surface area contributed by atoms with Crippen molar-refractivity contribution in [2.24, 2.45) is 0 Å². The first-order chi connectivity index (χ1) is 10.4. The number of aromatic carboxylic acids is 1. The Kier molecular flexibility index (Phi) is 4.92. The SMILES string of the molecule is CCSc1nc(Nc2ccc(F)cc2F)c(C(=O)O)cc1F. The molecular weight excluding hydrogens is 317 g/mol. The van der Waals surface area contributed by atoms with E-state index in [0.29, 0.717) is 11.8 Å². The highest BCUT2D eigenvalue weighted by Gasteiger charge is 2.18. The smallest absolute Gasteiger partial charge is 0.339 e. The molecule has 1 heterocycles. The molecule has 0 spiro atoms. The number of carboxylic acids is 1. The van der Waals surface area contributed by atoms with Gasteiger partial charge in [-0.25, -0.2) is 22.9 Å². The number of hydrogen-bond acceptors (Lipinski definition) is 4. The van der Waals surface area contributed by atoms with E-state index in [1.165, 1.54) is 0 Å². The average Bonchev–Trinajstić information content (AvgIpc) is 2.45. The first-order valence-electron chi connectivity index (χ1n) is 6.21. The number of benzene rings is 1. The van der Waals surface area contributed by atoms with Crippen molar-refractivity contribution in [2.45, 2.75) is 11.9 Å². The quantitative estimate of drug-likeness (QED) is 0.811. The number of anilines is 2. The van der Waals surface area contributed by atoms with Gasteiger partial charge in [0.2, 0.25) is 0 Å². The van der Waals surface area contributed by atoms with E-state index in [1.807, 2.05) is 0 Å². The topological polar surface area (TPSA) is 62.2 Å². The Morgan fingerprint density at radius 3 is 2.59 bits per heavy atom. The third-order valence-corrected chi connectivity index (χ3v) is 3.49. The fourth-order valence-electron chi connectivity index (χ4n) is 1.69. The number of hydrogen-bond donors (Lipinski definition) is 2. The normalized spacial score (nSPS) is 10.5. The standard InChI is InChI=1S/C14H11F3N2O2S/c1-2-22-13-10(17)6-8(14(20)21)12(19-13)18-11-4-3-7(15)5-9(11)16/h3-6H,2H2,1H3,(H,18,19)(H,20,21). The molecule has 0 fully saturated rings. The maximum Gasteiger partial charge on any atom is 0.339 e. The molecule has 116 valence electrons. The van der Waals surface area contributed by atoms with Gasteiger partial charge in [-0.15, -0.1) is 11.8 Å². The average molecular weight is 328 g/mol. The molecule has 0 aliphatic heterocycles. The van der Waals surface area contributed by atoms with E-state index in [4.69, 9.17) is 5.11 Å². The maximum absolute atomic E-state index is 13.8. The van der Waals surface area contributed by atoms with Crippen LogP contribution in [0.2, 0.25) is 0 Å². The molecule has 1 aromatic heterocycles. The molecule has 2 aromatic rings. The van der Waals surface area contributed by atoms with Gasteiger partial charge < -0.3 is 10.4 Å². The van der Waals surface area contributed by atoms with Crippen molar-refractivity contribution in [3.8, 4) is 0 Å². The van der Waals surface area contributed by atoms with Crippen LogP contribution in [0.15, 0.2) is 29.3 Å². The Bertz CT molecular complexity index is 725. The molecule has 0 amide bonds. The predicted octanol–water partition coefficient (Wildman–Crippen LogP) is 4.05. The Balaban J connectivity index is 2.47. The molecule has 2 rings (SSSR count). The Labute approximate surface area is 128 Å². The fraction of sp³-hybridized carbons (Fsp3) is 0.143. The van der Waals surface area contributed by atoms with E-state index in [9.17, 15) is 18.0 Å². The monoisotopic (exact) mass is 328 g/mol. The number of carboxylic acid groups (broad SMARTS) is 1. The van der Waals surface area contributed by atoms with Gasteiger partial charge in [0.1, 0.15) is 28.0 Å². The molecule has 0 saturated heterocycles. The minimum atomic E-state index is -1.41. The van der Waals surface area contributed by atoms with E-state index >= 15 is 0 Å². The van der Waals surface area contributed by atoms with Gasteiger partial charge in [0.05, 0.1) is 5.69 Å². The summed E-state index contributed by atoms with van der Waals surface area (Å²) in [5.74, 6) is -3.54. The van der Waals surface area contributed by atoms with Crippen LogP contribution in [0, 0.1) is 17.5 Å². The number of thioether (sulfide) groups is 1. The van der Waals surface area contributed by atoms with Crippen molar-refractivity contribution >= 4 is 29.2 Å². The number of rotatable bonds is 5. The molecule has 0 aliphatic rings. The largest absolute Gasteiger partial charge is 0.478 e. The molecule has 0 atom stereocenters. The molecule has 8 heteroatoms. The van der Waals surface area contributed by atoms with Crippen LogP contribution in [0.5, 0.6) is 0 Å². The van der Waals surface area contributed by atoms with E-state index in [2.05, 4.69) is 10.3 Å². The van der Waals surface area contributed by atoms with Crippen LogP contribution in [0.1, 0.15) is 17.3 Å². The van der Waals surface area contributed by atoms with Crippen molar-refractivity contribution in [2.75, 3.05) is 11.1 Å². The molecule has 2 N–H and O–H groups in total. The van der Waals surface area contributed by atoms with Crippen molar-refractivity contribution in [1.82, 2.24) is 4.98 Å². The number of carbonyl (C=O) groups is 1. The first-order valence-corrected chi connectivity index (χ1v) is 7.19. The van der Waals surface area contributed by atoms with Crippen LogP contribution >= 0.6 is 11.8 Å². The van der Waals surface area contributed by atoms with Gasteiger partial charge in [0, 0.05) is 6.07 Å². The minimum absolute atomic E-state index is 0.00230. The van der Waals surface area contributed by atoms with Gasteiger partial charge in [-0.2, -0.15) is 0 Å². The summed E-state index contributed by atoms with van der Waals surface area (Å²) in [6, 6.07) is 3.58. The molecule has 1 aromatic carbocycles. The zero-order valence-electron chi connectivity index (χ0n) is 11.4. The second-order valence-corrected chi connectivity index (χ2v) is 5.41. The van der Waals surface area contributed by atoms with Gasteiger partial charge >= 0.3 is 5.97 Å². The van der Waals surface area contributed by atoms with Gasteiger partial charge in [0.25, 0.3) is 0 Å². The van der Waals surface area contributed by atoms with Gasteiger partial charge in [0.15, 0.2) is 5.82 Å². The number of halogens is 3. The van der Waals surface area contributed by atoms with Crippen molar-refractivity contribution in [3.63, 3.8) is 0 Å².